The minimum Gasteiger partial charge on any atom is -0.480 e. The predicted molar refractivity (Wildman–Crippen MR) is 64.3 cm³/mol. The van der Waals surface area contributed by atoms with Crippen molar-refractivity contribution >= 4 is 5.97 Å². The van der Waals surface area contributed by atoms with Gasteiger partial charge >= 0.3 is 5.97 Å². The molecule has 1 saturated heterocycles. The molecule has 0 aromatic heterocycles. The maximum Gasteiger partial charge on any atom is 0.323 e. The summed E-state index contributed by atoms with van der Waals surface area (Å²) in [7, 11) is 0. The van der Waals surface area contributed by atoms with E-state index in [1.54, 1.807) is 0 Å². The quantitative estimate of drug-likeness (QED) is 0.744. The topological polar surface area (TPSA) is 66.6 Å². The van der Waals surface area contributed by atoms with Crippen LogP contribution in [-0.4, -0.2) is 40.6 Å². The summed E-state index contributed by atoms with van der Waals surface area (Å²) in [5, 5.41) is 9.41. The van der Waals surface area contributed by atoms with Gasteiger partial charge in [-0.3, -0.25) is 9.69 Å². The van der Waals surface area contributed by atoms with Crippen molar-refractivity contribution in [2.24, 2.45) is 11.7 Å². The molecule has 4 heteroatoms. The Morgan fingerprint density at radius 3 is 2.62 bits per heavy atom. The molecule has 0 aliphatic carbocycles. The van der Waals surface area contributed by atoms with Gasteiger partial charge in [0.15, 0.2) is 0 Å². The highest BCUT2D eigenvalue weighted by Gasteiger charge is 2.41. The van der Waals surface area contributed by atoms with E-state index in [4.69, 9.17) is 5.73 Å². The molecule has 1 fully saturated rings. The molecule has 1 rings (SSSR count). The molecule has 1 aliphatic heterocycles. The van der Waals surface area contributed by atoms with Crippen molar-refractivity contribution < 1.29 is 9.90 Å². The van der Waals surface area contributed by atoms with Crippen molar-refractivity contribution in [2.75, 3.05) is 13.1 Å². The second-order valence-electron chi connectivity index (χ2n) is 5.51. The van der Waals surface area contributed by atoms with Gasteiger partial charge in [-0.1, -0.05) is 13.8 Å². The summed E-state index contributed by atoms with van der Waals surface area (Å²) in [6, 6.07) is 0.137. The van der Waals surface area contributed by atoms with Crippen molar-refractivity contribution in [1.82, 2.24) is 4.90 Å². The second-order valence-corrected chi connectivity index (χ2v) is 5.51. The lowest BCUT2D eigenvalue weighted by Gasteiger charge is -2.35. The van der Waals surface area contributed by atoms with E-state index in [1.807, 2.05) is 11.8 Å². The number of aliphatic carboxylic acids is 1. The molecule has 0 aromatic rings. The van der Waals surface area contributed by atoms with Crippen LogP contribution in [-0.2, 0) is 4.79 Å². The lowest BCUT2D eigenvalue weighted by Crippen LogP contribution is -2.52. The molecule has 2 unspecified atom stereocenters. The van der Waals surface area contributed by atoms with Crippen LogP contribution in [0, 0.1) is 5.92 Å². The first-order valence-electron chi connectivity index (χ1n) is 6.10. The Labute approximate surface area is 97.8 Å². The van der Waals surface area contributed by atoms with Crippen LogP contribution in [0.25, 0.3) is 0 Å². The Bertz CT molecular complexity index is 255. The van der Waals surface area contributed by atoms with Gasteiger partial charge in [0.1, 0.15) is 5.54 Å². The zero-order valence-electron chi connectivity index (χ0n) is 10.6. The van der Waals surface area contributed by atoms with Crippen molar-refractivity contribution in [2.45, 2.75) is 51.6 Å². The molecule has 2 atom stereocenters. The number of hydrogen-bond donors (Lipinski definition) is 2. The zero-order valence-corrected chi connectivity index (χ0v) is 10.6. The molecule has 3 N–H and O–H groups in total. The molecule has 1 heterocycles. The number of nitrogens with two attached hydrogens (primary N) is 1. The normalized spacial score (nSPS) is 25.9. The summed E-state index contributed by atoms with van der Waals surface area (Å²) in [4.78, 5) is 13.5. The van der Waals surface area contributed by atoms with Gasteiger partial charge in [0.05, 0.1) is 0 Å². The first-order chi connectivity index (χ1) is 7.36. The van der Waals surface area contributed by atoms with Gasteiger partial charge in [0.25, 0.3) is 0 Å². The van der Waals surface area contributed by atoms with E-state index in [2.05, 4.69) is 13.8 Å². The molecular weight excluding hydrogens is 204 g/mol. The van der Waals surface area contributed by atoms with Crippen LogP contribution in [0.4, 0.5) is 0 Å². The Morgan fingerprint density at radius 1 is 1.62 bits per heavy atom. The molecule has 0 radical (unpaired) electrons. The molecule has 94 valence electrons. The number of nitrogens with zero attached hydrogens (tertiary/aromatic N) is 1. The third-order valence-electron chi connectivity index (χ3n) is 3.59. The lowest BCUT2D eigenvalue weighted by atomic mass is 9.90. The Kier molecular flexibility index (Phi) is 4.33. The second kappa shape index (κ2) is 5.15. The fourth-order valence-corrected chi connectivity index (χ4v) is 2.21. The Morgan fingerprint density at radius 2 is 2.25 bits per heavy atom. The smallest absolute Gasteiger partial charge is 0.323 e. The van der Waals surface area contributed by atoms with E-state index < -0.39 is 11.5 Å². The predicted octanol–water partition coefficient (Wildman–Crippen LogP) is 1.30. The highest BCUT2D eigenvalue weighted by molar-refractivity contribution is 5.78. The Balaban J connectivity index is 2.68. The fourth-order valence-electron chi connectivity index (χ4n) is 2.21. The SMILES string of the molecule is CC(C)CCC(C)(C(=O)O)N1CCC(N)C1. The summed E-state index contributed by atoms with van der Waals surface area (Å²) >= 11 is 0. The minimum absolute atomic E-state index is 0.137. The number of carboxylic acids is 1. The van der Waals surface area contributed by atoms with Gasteiger partial charge in [0.2, 0.25) is 0 Å². The first kappa shape index (κ1) is 13.5. The van der Waals surface area contributed by atoms with Gasteiger partial charge in [-0.05, 0) is 32.1 Å². The third-order valence-corrected chi connectivity index (χ3v) is 3.59. The van der Waals surface area contributed by atoms with E-state index in [9.17, 15) is 9.90 Å². The minimum atomic E-state index is -0.738. The van der Waals surface area contributed by atoms with Gasteiger partial charge in [0, 0.05) is 19.1 Å². The lowest BCUT2D eigenvalue weighted by molar-refractivity contribution is -0.150. The molecule has 0 bridgehead atoms. The van der Waals surface area contributed by atoms with Crippen LogP contribution in [0.3, 0.4) is 0 Å². The standard InChI is InChI=1S/C12H24N2O2/c1-9(2)4-6-12(3,11(15)16)14-7-5-10(13)8-14/h9-10H,4-8,13H2,1-3H3,(H,15,16). The average molecular weight is 228 g/mol. The van der Waals surface area contributed by atoms with Gasteiger partial charge < -0.3 is 10.8 Å². The van der Waals surface area contributed by atoms with Crippen molar-refractivity contribution in [1.29, 1.82) is 0 Å². The van der Waals surface area contributed by atoms with Gasteiger partial charge in [-0.2, -0.15) is 0 Å². The van der Waals surface area contributed by atoms with E-state index in [0.29, 0.717) is 18.9 Å². The molecule has 1 aliphatic rings. The van der Waals surface area contributed by atoms with E-state index >= 15 is 0 Å². The van der Waals surface area contributed by atoms with Crippen LogP contribution < -0.4 is 5.73 Å². The molecule has 0 aromatic carbocycles. The van der Waals surface area contributed by atoms with Crippen molar-refractivity contribution in [3.05, 3.63) is 0 Å². The summed E-state index contributed by atoms with van der Waals surface area (Å²) in [5.41, 5.74) is 5.11. The fraction of sp³-hybridized carbons (Fsp3) is 0.917. The van der Waals surface area contributed by atoms with E-state index in [0.717, 1.165) is 19.4 Å². The summed E-state index contributed by atoms with van der Waals surface area (Å²) in [6.45, 7) is 7.59. The maximum absolute atomic E-state index is 11.4. The van der Waals surface area contributed by atoms with E-state index in [-0.39, 0.29) is 6.04 Å². The summed E-state index contributed by atoms with van der Waals surface area (Å²) < 4.78 is 0. The number of carboxylic acid groups (broad SMARTS) is 1. The first-order valence-corrected chi connectivity index (χ1v) is 6.10. The van der Waals surface area contributed by atoms with E-state index in [1.165, 1.54) is 0 Å². The van der Waals surface area contributed by atoms with Crippen LogP contribution in [0.2, 0.25) is 0 Å². The summed E-state index contributed by atoms with van der Waals surface area (Å²) in [5.74, 6) is -0.183. The van der Waals surface area contributed by atoms with Crippen molar-refractivity contribution in [3.63, 3.8) is 0 Å². The number of likely N-dealkylation sites (tertiary alicyclic amines) is 1. The Hall–Kier alpha value is -0.610. The molecule has 0 amide bonds. The monoisotopic (exact) mass is 228 g/mol. The number of rotatable bonds is 5. The third kappa shape index (κ3) is 2.95. The number of hydrogen-bond acceptors (Lipinski definition) is 3. The molecule has 4 nitrogen and oxygen atoms in total. The largest absolute Gasteiger partial charge is 0.480 e. The number of carbonyl (C=O) groups is 1. The molecule has 0 saturated carbocycles. The van der Waals surface area contributed by atoms with Crippen LogP contribution in [0.5, 0.6) is 0 Å². The van der Waals surface area contributed by atoms with Gasteiger partial charge in [-0.15, -0.1) is 0 Å². The maximum atomic E-state index is 11.4. The highest BCUT2D eigenvalue weighted by atomic mass is 16.4. The molecule has 0 spiro atoms. The van der Waals surface area contributed by atoms with Crippen molar-refractivity contribution in [3.8, 4) is 0 Å². The average Bonchev–Trinajstić information content (AvgIpc) is 2.61. The van der Waals surface area contributed by atoms with Crippen LogP contribution >= 0.6 is 0 Å². The highest BCUT2D eigenvalue weighted by Crippen LogP contribution is 2.27. The van der Waals surface area contributed by atoms with Crippen LogP contribution in [0.15, 0.2) is 0 Å². The van der Waals surface area contributed by atoms with Crippen LogP contribution in [0.1, 0.15) is 40.0 Å². The van der Waals surface area contributed by atoms with Gasteiger partial charge in [-0.25, -0.2) is 0 Å². The molecule has 16 heavy (non-hydrogen) atoms. The molecular formula is C12H24N2O2. The summed E-state index contributed by atoms with van der Waals surface area (Å²) in [6.07, 6.45) is 2.55. The zero-order chi connectivity index (χ0) is 12.3.